The minimum atomic E-state index is -0.199. The highest BCUT2D eigenvalue weighted by atomic mass is 79.9. The first-order chi connectivity index (χ1) is 8.70. The van der Waals surface area contributed by atoms with Crippen LogP contribution in [0.4, 0.5) is 4.39 Å². The fourth-order valence-corrected chi connectivity index (χ4v) is 3.31. The quantitative estimate of drug-likeness (QED) is 0.732. The Kier molecular flexibility index (Phi) is 5.46. The third-order valence-corrected chi connectivity index (χ3v) is 4.66. The highest BCUT2D eigenvalue weighted by molar-refractivity contribution is 9.10. The summed E-state index contributed by atoms with van der Waals surface area (Å²) in [5.41, 5.74) is 1.13. The smallest absolute Gasteiger partial charge is 0.124 e. The molecule has 0 spiro atoms. The lowest BCUT2D eigenvalue weighted by Crippen LogP contribution is -2.35. The van der Waals surface area contributed by atoms with Crippen LogP contribution in [-0.4, -0.2) is 23.4 Å². The van der Waals surface area contributed by atoms with Gasteiger partial charge in [-0.25, -0.2) is 4.39 Å². The van der Waals surface area contributed by atoms with E-state index in [0.717, 1.165) is 23.1 Å². The Morgan fingerprint density at radius 1 is 1.33 bits per heavy atom. The van der Waals surface area contributed by atoms with Crippen molar-refractivity contribution < 1.29 is 4.39 Å². The normalized spacial score (nSPS) is 21.8. The summed E-state index contributed by atoms with van der Waals surface area (Å²) >= 11 is 9.50. The van der Waals surface area contributed by atoms with Gasteiger partial charge in [0.15, 0.2) is 0 Å². The van der Waals surface area contributed by atoms with E-state index >= 15 is 0 Å². The molecule has 1 atom stereocenters. The Labute approximate surface area is 121 Å². The van der Waals surface area contributed by atoms with Gasteiger partial charge in [-0.1, -0.05) is 34.8 Å². The molecule has 0 aromatic heterocycles. The van der Waals surface area contributed by atoms with Crippen molar-refractivity contribution in [1.29, 1.82) is 0 Å². The molecule has 1 unspecified atom stereocenters. The first-order valence-electron chi connectivity index (χ1n) is 6.44. The third-order valence-electron chi connectivity index (χ3n) is 3.57. The Morgan fingerprint density at radius 3 is 2.89 bits per heavy atom. The lowest BCUT2D eigenvalue weighted by atomic mass is 10.1. The molecule has 18 heavy (non-hydrogen) atoms. The SMILES string of the molecule is Fc1ccc(CN2CCCCCC2CCl)c(Br)c1. The standard InChI is InChI=1S/C14H18BrClFN/c15-14-8-12(17)6-5-11(14)10-18-7-3-1-2-4-13(18)9-16/h5-6,8,13H,1-4,7,9-10H2. The van der Waals surface area contributed by atoms with Crippen LogP contribution in [0, 0.1) is 5.82 Å². The molecule has 1 heterocycles. The van der Waals surface area contributed by atoms with E-state index in [4.69, 9.17) is 11.6 Å². The number of hydrogen-bond acceptors (Lipinski definition) is 1. The number of rotatable bonds is 3. The van der Waals surface area contributed by atoms with Crippen molar-refractivity contribution in [1.82, 2.24) is 4.90 Å². The van der Waals surface area contributed by atoms with E-state index < -0.39 is 0 Å². The second-order valence-corrected chi connectivity index (χ2v) is 6.03. The van der Waals surface area contributed by atoms with Crippen molar-refractivity contribution in [2.45, 2.75) is 38.3 Å². The predicted molar refractivity (Wildman–Crippen MR) is 77.5 cm³/mol. The first-order valence-corrected chi connectivity index (χ1v) is 7.77. The molecular weight excluding hydrogens is 317 g/mol. The van der Waals surface area contributed by atoms with Crippen LogP contribution in [0.3, 0.4) is 0 Å². The topological polar surface area (TPSA) is 3.24 Å². The van der Waals surface area contributed by atoms with Crippen molar-refractivity contribution in [3.8, 4) is 0 Å². The minimum Gasteiger partial charge on any atom is -0.295 e. The Hall–Kier alpha value is -0.120. The van der Waals surface area contributed by atoms with Crippen LogP contribution in [0.2, 0.25) is 0 Å². The van der Waals surface area contributed by atoms with E-state index in [2.05, 4.69) is 20.8 Å². The second kappa shape index (κ2) is 6.88. The van der Waals surface area contributed by atoms with Crippen LogP contribution in [0.15, 0.2) is 22.7 Å². The average molecular weight is 335 g/mol. The Morgan fingerprint density at radius 2 is 2.17 bits per heavy atom. The van der Waals surface area contributed by atoms with Gasteiger partial charge in [0.25, 0.3) is 0 Å². The molecule has 0 saturated carbocycles. The summed E-state index contributed by atoms with van der Waals surface area (Å²) in [6, 6.07) is 5.36. The summed E-state index contributed by atoms with van der Waals surface area (Å²) in [6.45, 7) is 1.93. The second-order valence-electron chi connectivity index (χ2n) is 4.86. The molecule has 1 nitrogen and oxygen atoms in total. The molecule has 1 aliphatic rings. The van der Waals surface area contributed by atoms with Crippen LogP contribution in [-0.2, 0) is 6.54 Å². The molecule has 0 N–H and O–H groups in total. The summed E-state index contributed by atoms with van der Waals surface area (Å²) in [5.74, 6) is 0.481. The van der Waals surface area contributed by atoms with Crippen molar-refractivity contribution in [2.75, 3.05) is 12.4 Å². The molecule has 100 valence electrons. The molecule has 4 heteroatoms. The molecule has 0 amide bonds. The van der Waals surface area contributed by atoms with Crippen molar-refractivity contribution in [3.63, 3.8) is 0 Å². The van der Waals surface area contributed by atoms with Gasteiger partial charge in [0, 0.05) is 22.9 Å². The number of hydrogen-bond donors (Lipinski definition) is 0. The lowest BCUT2D eigenvalue weighted by molar-refractivity contribution is 0.207. The number of likely N-dealkylation sites (tertiary alicyclic amines) is 1. The maximum atomic E-state index is 13.1. The predicted octanol–water partition coefficient (Wildman–Crippen LogP) is 4.57. The van der Waals surface area contributed by atoms with Gasteiger partial charge in [0.05, 0.1) is 0 Å². The van der Waals surface area contributed by atoms with Crippen LogP contribution >= 0.6 is 27.5 Å². The molecule has 2 rings (SSSR count). The zero-order valence-electron chi connectivity index (χ0n) is 10.3. The molecule has 0 aliphatic carbocycles. The maximum Gasteiger partial charge on any atom is 0.124 e. The minimum absolute atomic E-state index is 0.199. The number of benzene rings is 1. The summed E-state index contributed by atoms with van der Waals surface area (Å²) in [6.07, 6.45) is 4.95. The van der Waals surface area contributed by atoms with Gasteiger partial charge in [0.2, 0.25) is 0 Å². The van der Waals surface area contributed by atoms with E-state index in [1.165, 1.54) is 37.8 Å². The first kappa shape index (κ1) is 14.3. The summed E-state index contributed by atoms with van der Waals surface area (Å²) < 4.78 is 13.9. The zero-order chi connectivity index (χ0) is 13.0. The lowest BCUT2D eigenvalue weighted by Gasteiger charge is -2.28. The van der Waals surface area contributed by atoms with Crippen LogP contribution in [0.5, 0.6) is 0 Å². The number of halogens is 3. The maximum absolute atomic E-state index is 13.1. The fraction of sp³-hybridized carbons (Fsp3) is 0.571. The van der Waals surface area contributed by atoms with Crippen molar-refractivity contribution in [2.24, 2.45) is 0 Å². The van der Waals surface area contributed by atoms with Gasteiger partial charge < -0.3 is 0 Å². The van der Waals surface area contributed by atoms with E-state index in [0.29, 0.717) is 11.9 Å². The highest BCUT2D eigenvalue weighted by Gasteiger charge is 2.20. The van der Waals surface area contributed by atoms with E-state index in [1.54, 1.807) is 0 Å². The van der Waals surface area contributed by atoms with E-state index in [-0.39, 0.29) is 5.82 Å². The molecule has 1 aromatic carbocycles. The van der Waals surface area contributed by atoms with E-state index in [9.17, 15) is 4.39 Å². The van der Waals surface area contributed by atoms with Gasteiger partial charge in [-0.2, -0.15) is 0 Å². The molecule has 0 radical (unpaired) electrons. The Balaban J connectivity index is 2.10. The highest BCUT2D eigenvalue weighted by Crippen LogP contribution is 2.24. The van der Waals surface area contributed by atoms with Gasteiger partial charge in [0.1, 0.15) is 5.82 Å². The monoisotopic (exact) mass is 333 g/mol. The van der Waals surface area contributed by atoms with Crippen molar-refractivity contribution >= 4 is 27.5 Å². The summed E-state index contributed by atoms with van der Waals surface area (Å²) in [7, 11) is 0. The van der Waals surface area contributed by atoms with Crippen LogP contribution in [0.1, 0.15) is 31.2 Å². The Bertz CT molecular complexity index is 399. The fourth-order valence-electron chi connectivity index (χ4n) is 2.49. The molecule has 0 bridgehead atoms. The molecule has 1 aromatic rings. The zero-order valence-corrected chi connectivity index (χ0v) is 12.7. The summed E-state index contributed by atoms with van der Waals surface area (Å²) in [4.78, 5) is 2.43. The van der Waals surface area contributed by atoms with Crippen LogP contribution < -0.4 is 0 Å². The molecule has 1 saturated heterocycles. The van der Waals surface area contributed by atoms with E-state index in [1.807, 2.05) is 6.07 Å². The van der Waals surface area contributed by atoms with Crippen molar-refractivity contribution in [3.05, 3.63) is 34.1 Å². The van der Waals surface area contributed by atoms with Gasteiger partial charge >= 0.3 is 0 Å². The average Bonchev–Trinajstić information content (AvgIpc) is 2.57. The van der Waals surface area contributed by atoms with Gasteiger partial charge in [-0.05, 0) is 37.1 Å². The molecule has 1 aliphatic heterocycles. The van der Waals surface area contributed by atoms with Gasteiger partial charge in [-0.3, -0.25) is 4.90 Å². The van der Waals surface area contributed by atoms with Gasteiger partial charge in [-0.15, -0.1) is 11.6 Å². The summed E-state index contributed by atoms with van der Waals surface area (Å²) in [5, 5.41) is 0. The number of alkyl halides is 1. The van der Waals surface area contributed by atoms with Crippen LogP contribution in [0.25, 0.3) is 0 Å². The third kappa shape index (κ3) is 3.69. The molecule has 1 fully saturated rings. The molecular formula is C14H18BrClFN. The number of nitrogens with zero attached hydrogens (tertiary/aromatic N) is 1. The largest absolute Gasteiger partial charge is 0.295 e.